The third-order valence-electron chi connectivity index (χ3n) is 4.89. The number of rotatable bonds is 15. The Morgan fingerprint density at radius 1 is 0.886 bits per heavy atom. The van der Waals surface area contributed by atoms with Crippen molar-refractivity contribution in [3.8, 4) is 0 Å². The number of nitrogens with zero attached hydrogens (tertiary/aromatic N) is 6. The molecule has 35 heavy (non-hydrogen) atoms. The summed E-state index contributed by atoms with van der Waals surface area (Å²) in [5.41, 5.74) is 1.74. The van der Waals surface area contributed by atoms with Crippen molar-refractivity contribution < 1.29 is 14.3 Å². The maximum absolute atomic E-state index is 11.6. The Bertz CT molecular complexity index is 816. The number of amides is 1. The van der Waals surface area contributed by atoms with Crippen molar-refractivity contribution in [1.82, 2.24) is 35.3 Å². The number of hydrogen-bond donors (Lipinski definition) is 1. The lowest BCUT2D eigenvalue weighted by Gasteiger charge is -2.07. The van der Waals surface area contributed by atoms with Crippen molar-refractivity contribution in [3.05, 3.63) is 23.8 Å². The maximum Gasteiger partial charge on any atom is 0.219 e. The van der Waals surface area contributed by atoms with Gasteiger partial charge in [0.1, 0.15) is 11.4 Å². The lowest BCUT2D eigenvalue weighted by molar-refractivity contribution is -0.121. The summed E-state index contributed by atoms with van der Waals surface area (Å²) in [6.45, 7) is 19.1. The lowest BCUT2D eigenvalue weighted by Crippen LogP contribution is -2.25. The predicted octanol–water partition coefficient (Wildman–Crippen LogP) is 4.32. The van der Waals surface area contributed by atoms with Gasteiger partial charge in [0.15, 0.2) is 0 Å². The van der Waals surface area contributed by atoms with Crippen LogP contribution in [0.15, 0.2) is 12.4 Å². The van der Waals surface area contributed by atoms with Crippen LogP contribution in [0.5, 0.6) is 0 Å². The average molecular weight is 494 g/mol. The number of carbonyl (C=O) groups excluding carboxylic acids is 1. The first-order chi connectivity index (χ1) is 16.6. The van der Waals surface area contributed by atoms with Crippen LogP contribution < -0.4 is 5.32 Å². The predicted molar refractivity (Wildman–Crippen MR) is 137 cm³/mol. The van der Waals surface area contributed by atoms with Crippen LogP contribution in [0.4, 0.5) is 0 Å². The van der Waals surface area contributed by atoms with Crippen LogP contribution in [0.3, 0.4) is 0 Å². The zero-order valence-corrected chi connectivity index (χ0v) is 23.0. The molecule has 0 aliphatic rings. The Morgan fingerprint density at radius 2 is 1.49 bits per heavy atom. The van der Waals surface area contributed by atoms with Crippen molar-refractivity contribution >= 4 is 5.91 Å². The highest BCUT2D eigenvalue weighted by molar-refractivity contribution is 5.75. The number of ether oxygens (including phenoxy) is 2. The third-order valence-corrected chi connectivity index (χ3v) is 4.89. The minimum Gasteiger partial charge on any atom is -0.372 e. The van der Waals surface area contributed by atoms with Crippen LogP contribution in [-0.4, -0.2) is 54.6 Å². The van der Waals surface area contributed by atoms with E-state index in [1.165, 1.54) is 0 Å². The van der Waals surface area contributed by atoms with Crippen molar-refractivity contribution in [2.24, 2.45) is 5.92 Å². The maximum atomic E-state index is 11.6. The normalized spacial score (nSPS) is 11.4. The van der Waals surface area contributed by atoms with Crippen LogP contribution in [0.1, 0.15) is 98.5 Å². The van der Waals surface area contributed by atoms with Gasteiger partial charge in [0.2, 0.25) is 5.91 Å². The van der Waals surface area contributed by atoms with Crippen LogP contribution in [0, 0.1) is 5.92 Å². The second kappa shape index (κ2) is 17.2. The molecule has 0 radical (unpaired) electrons. The average Bonchev–Trinajstić information content (AvgIpc) is 3.44. The van der Waals surface area contributed by atoms with Gasteiger partial charge in [-0.1, -0.05) is 24.3 Å². The SMILES string of the molecule is CC(C)CCNC(=O)CCCCn1cc(COC(C)C)nn1.CC(C)OCc1cn(C(C)C)nn1. The highest BCUT2D eigenvalue weighted by atomic mass is 16.5. The molecule has 1 N–H and O–H groups in total. The summed E-state index contributed by atoms with van der Waals surface area (Å²) in [6.07, 6.45) is 7.67. The smallest absolute Gasteiger partial charge is 0.219 e. The Balaban J connectivity index is 0.000000400. The zero-order chi connectivity index (χ0) is 26.2. The number of nitrogens with one attached hydrogen (secondary N) is 1. The zero-order valence-electron chi connectivity index (χ0n) is 23.0. The molecular formula is C25H47N7O3. The molecule has 0 saturated carbocycles. The molecule has 2 rings (SSSR count). The van der Waals surface area contributed by atoms with Crippen molar-refractivity contribution in [3.63, 3.8) is 0 Å². The largest absolute Gasteiger partial charge is 0.372 e. The first-order valence-electron chi connectivity index (χ1n) is 12.9. The second-order valence-electron chi connectivity index (χ2n) is 9.97. The number of aryl methyl sites for hydroxylation is 1. The first-order valence-corrected chi connectivity index (χ1v) is 12.9. The Labute approximate surface area is 211 Å². The topological polar surface area (TPSA) is 109 Å². The number of hydrogen-bond acceptors (Lipinski definition) is 7. The van der Waals surface area contributed by atoms with Gasteiger partial charge in [0.05, 0.1) is 37.8 Å². The molecule has 0 aliphatic heterocycles. The van der Waals surface area contributed by atoms with E-state index in [2.05, 4.69) is 53.6 Å². The summed E-state index contributed by atoms with van der Waals surface area (Å²) in [4.78, 5) is 11.6. The third kappa shape index (κ3) is 15.3. The molecule has 0 fully saturated rings. The summed E-state index contributed by atoms with van der Waals surface area (Å²) in [7, 11) is 0. The fourth-order valence-corrected chi connectivity index (χ4v) is 2.80. The van der Waals surface area contributed by atoms with Gasteiger partial charge in [-0.15, -0.1) is 10.2 Å². The van der Waals surface area contributed by atoms with Crippen LogP contribution in [-0.2, 0) is 34.0 Å². The van der Waals surface area contributed by atoms with Gasteiger partial charge in [0.25, 0.3) is 0 Å². The summed E-state index contributed by atoms with van der Waals surface area (Å²) in [5.74, 6) is 0.770. The Hall–Kier alpha value is -2.33. The van der Waals surface area contributed by atoms with E-state index in [-0.39, 0.29) is 18.1 Å². The van der Waals surface area contributed by atoms with Gasteiger partial charge in [-0.2, -0.15) is 0 Å². The van der Waals surface area contributed by atoms with Crippen LogP contribution in [0.25, 0.3) is 0 Å². The number of aromatic nitrogens is 6. The Morgan fingerprint density at radius 3 is 2.03 bits per heavy atom. The van der Waals surface area contributed by atoms with Gasteiger partial charge >= 0.3 is 0 Å². The molecule has 0 bridgehead atoms. The minimum atomic E-state index is 0.144. The monoisotopic (exact) mass is 493 g/mol. The van der Waals surface area contributed by atoms with Gasteiger partial charge in [0, 0.05) is 25.6 Å². The molecule has 10 heteroatoms. The van der Waals surface area contributed by atoms with E-state index in [1.807, 2.05) is 49.5 Å². The van der Waals surface area contributed by atoms with Crippen molar-refractivity contribution in [1.29, 1.82) is 0 Å². The van der Waals surface area contributed by atoms with Crippen LogP contribution in [0.2, 0.25) is 0 Å². The Kier molecular flexibility index (Phi) is 15.0. The van der Waals surface area contributed by atoms with Crippen LogP contribution >= 0.6 is 0 Å². The highest BCUT2D eigenvalue weighted by Gasteiger charge is 2.05. The molecule has 2 aromatic heterocycles. The molecule has 200 valence electrons. The van der Waals surface area contributed by atoms with Gasteiger partial charge < -0.3 is 14.8 Å². The van der Waals surface area contributed by atoms with E-state index in [1.54, 1.807) is 0 Å². The quantitative estimate of drug-likeness (QED) is 0.368. The molecule has 0 aromatic carbocycles. The number of unbranched alkanes of at least 4 members (excludes halogenated alkanes) is 1. The summed E-state index contributed by atoms with van der Waals surface area (Å²) in [6, 6.07) is 0.361. The molecule has 0 unspecified atom stereocenters. The van der Waals surface area contributed by atoms with Gasteiger partial charge in [-0.3, -0.25) is 9.48 Å². The lowest BCUT2D eigenvalue weighted by atomic mass is 10.1. The fourth-order valence-electron chi connectivity index (χ4n) is 2.80. The first kappa shape index (κ1) is 30.7. The molecule has 0 spiro atoms. The fraction of sp³-hybridized carbons (Fsp3) is 0.800. The molecule has 2 heterocycles. The second-order valence-corrected chi connectivity index (χ2v) is 9.97. The van der Waals surface area contributed by atoms with Gasteiger partial charge in [-0.05, 0) is 66.7 Å². The standard InChI is InChI=1S/C16H30N4O2.C9H17N3O/c1-13(2)8-9-17-16(21)7-5-6-10-20-11-15(18-19-20)12-22-14(3)4;1-7(2)12-5-9(10-11-12)6-13-8(3)4/h11,13-14H,5-10,12H2,1-4H3,(H,17,21);5,7-8H,6H2,1-4H3. The molecule has 2 aromatic rings. The number of carbonyl (C=O) groups is 1. The van der Waals surface area contributed by atoms with Crippen molar-refractivity contribution in [2.45, 2.75) is 119 Å². The van der Waals surface area contributed by atoms with Crippen molar-refractivity contribution in [2.75, 3.05) is 6.54 Å². The highest BCUT2D eigenvalue weighted by Crippen LogP contribution is 2.05. The molecule has 0 atom stereocenters. The molecule has 0 saturated heterocycles. The van der Waals surface area contributed by atoms with Gasteiger partial charge in [-0.25, -0.2) is 4.68 Å². The summed E-state index contributed by atoms with van der Waals surface area (Å²) >= 11 is 0. The van der Waals surface area contributed by atoms with E-state index in [0.717, 1.165) is 43.7 Å². The van der Waals surface area contributed by atoms with E-state index in [9.17, 15) is 4.79 Å². The molecular weight excluding hydrogens is 446 g/mol. The molecule has 10 nitrogen and oxygen atoms in total. The van der Waals surface area contributed by atoms with E-state index >= 15 is 0 Å². The summed E-state index contributed by atoms with van der Waals surface area (Å²) in [5, 5.41) is 19.1. The van der Waals surface area contributed by atoms with E-state index in [4.69, 9.17) is 9.47 Å². The minimum absolute atomic E-state index is 0.144. The van der Waals surface area contributed by atoms with E-state index in [0.29, 0.717) is 31.6 Å². The summed E-state index contributed by atoms with van der Waals surface area (Å²) < 4.78 is 14.5. The van der Waals surface area contributed by atoms with E-state index < -0.39 is 0 Å². The molecule has 1 amide bonds. The molecule has 0 aliphatic carbocycles.